The van der Waals surface area contributed by atoms with Crippen molar-refractivity contribution in [2.75, 3.05) is 0 Å². The zero-order valence-electron chi connectivity index (χ0n) is 15.8. The van der Waals surface area contributed by atoms with Gasteiger partial charge in [-0.25, -0.2) is 10.4 Å². The van der Waals surface area contributed by atoms with E-state index in [-0.39, 0.29) is 18.2 Å². The number of phenolic OH excluding ortho intramolecular Hbond substituents is 1. The van der Waals surface area contributed by atoms with Crippen LogP contribution in [0.1, 0.15) is 12.5 Å². The molecule has 0 atom stereocenters. The van der Waals surface area contributed by atoms with E-state index in [4.69, 9.17) is 0 Å². The molecule has 0 radical (unpaired) electrons. The van der Waals surface area contributed by atoms with Gasteiger partial charge in [0, 0.05) is 11.8 Å². The summed E-state index contributed by atoms with van der Waals surface area (Å²) < 4.78 is 1.83. The monoisotopic (exact) mass is 385 g/mol. The van der Waals surface area contributed by atoms with Gasteiger partial charge in [-0.05, 0) is 43.3 Å². The van der Waals surface area contributed by atoms with Crippen molar-refractivity contribution in [1.29, 1.82) is 0 Å². The van der Waals surface area contributed by atoms with Crippen LogP contribution < -0.4 is 5.43 Å². The Morgan fingerprint density at radius 2 is 1.93 bits per heavy atom. The van der Waals surface area contributed by atoms with Gasteiger partial charge in [0.2, 0.25) is 0 Å². The van der Waals surface area contributed by atoms with Crippen LogP contribution in [-0.2, 0) is 11.3 Å². The number of hydrazone groups is 1. The SMILES string of the molecule is C/C(=N/NC(=O)Cn1c(-c2ccccn2)nc2ccccc21)c1cccc(O)c1. The number of nitrogens with zero attached hydrogens (tertiary/aromatic N) is 4. The van der Waals surface area contributed by atoms with Gasteiger partial charge >= 0.3 is 0 Å². The largest absolute Gasteiger partial charge is 0.508 e. The Bertz CT molecular complexity index is 1200. The third kappa shape index (κ3) is 3.98. The minimum absolute atomic E-state index is 0.0449. The predicted molar refractivity (Wildman–Crippen MR) is 111 cm³/mol. The van der Waals surface area contributed by atoms with E-state index in [0.717, 1.165) is 16.6 Å². The number of fused-ring (bicyclic) bond motifs is 1. The minimum Gasteiger partial charge on any atom is -0.508 e. The average molecular weight is 385 g/mol. The Labute approximate surface area is 167 Å². The number of hydrogen-bond donors (Lipinski definition) is 2. The van der Waals surface area contributed by atoms with Crippen molar-refractivity contribution < 1.29 is 9.90 Å². The van der Waals surface area contributed by atoms with Crippen LogP contribution in [0.3, 0.4) is 0 Å². The molecular weight excluding hydrogens is 366 g/mol. The molecule has 0 aliphatic rings. The molecule has 2 aromatic heterocycles. The standard InChI is InChI=1S/C22H19N5O2/c1-15(16-7-6-8-17(28)13-16)25-26-21(29)14-27-20-11-3-2-9-18(20)24-22(27)19-10-4-5-12-23-19/h2-13,28H,14H2,1H3,(H,26,29)/b25-15-. The van der Waals surface area contributed by atoms with E-state index in [2.05, 4.69) is 20.5 Å². The average Bonchev–Trinajstić information content (AvgIpc) is 3.11. The number of pyridine rings is 1. The predicted octanol–water partition coefficient (Wildman–Crippen LogP) is 3.34. The molecule has 4 aromatic rings. The lowest BCUT2D eigenvalue weighted by molar-refractivity contribution is -0.121. The van der Waals surface area contributed by atoms with E-state index in [1.807, 2.05) is 53.1 Å². The first-order valence-corrected chi connectivity index (χ1v) is 9.11. The van der Waals surface area contributed by atoms with E-state index in [0.29, 0.717) is 17.2 Å². The number of nitrogens with one attached hydrogen (secondary N) is 1. The summed E-state index contributed by atoms with van der Waals surface area (Å²) in [6.07, 6.45) is 1.70. The number of para-hydroxylation sites is 2. The summed E-state index contributed by atoms with van der Waals surface area (Å²) in [6.45, 7) is 1.81. The van der Waals surface area contributed by atoms with Crippen LogP contribution in [0.25, 0.3) is 22.6 Å². The number of aromatic nitrogens is 3. The van der Waals surface area contributed by atoms with Gasteiger partial charge in [-0.15, -0.1) is 0 Å². The van der Waals surface area contributed by atoms with Crippen molar-refractivity contribution in [1.82, 2.24) is 20.0 Å². The fourth-order valence-corrected chi connectivity index (χ4v) is 3.05. The van der Waals surface area contributed by atoms with Gasteiger partial charge in [-0.3, -0.25) is 9.78 Å². The first-order chi connectivity index (χ1) is 14.1. The summed E-state index contributed by atoms with van der Waals surface area (Å²) >= 11 is 0. The van der Waals surface area contributed by atoms with E-state index < -0.39 is 0 Å². The number of hydrogen-bond acceptors (Lipinski definition) is 5. The number of imidazole rings is 1. The van der Waals surface area contributed by atoms with Crippen LogP contribution in [-0.4, -0.2) is 31.3 Å². The summed E-state index contributed by atoms with van der Waals surface area (Å²) in [6, 6.07) is 19.9. The van der Waals surface area contributed by atoms with Crippen LogP contribution in [0, 0.1) is 0 Å². The van der Waals surface area contributed by atoms with Crippen LogP contribution in [0.4, 0.5) is 0 Å². The number of aromatic hydroxyl groups is 1. The van der Waals surface area contributed by atoms with Gasteiger partial charge in [0.15, 0.2) is 5.82 Å². The molecule has 0 fully saturated rings. The molecule has 2 aromatic carbocycles. The van der Waals surface area contributed by atoms with Gasteiger partial charge < -0.3 is 9.67 Å². The smallest absolute Gasteiger partial charge is 0.260 e. The van der Waals surface area contributed by atoms with Crippen molar-refractivity contribution >= 4 is 22.7 Å². The fourth-order valence-electron chi connectivity index (χ4n) is 3.05. The third-order valence-corrected chi connectivity index (χ3v) is 4.46. The maximum Gasteiger partial charge on any atom is 0.260 e. The van der Waals surface area contributed by atoms with E-state index in [9.17, 15) is 9.90 Å². The molecular formula is C22H19N5O2. The Morgan fingerprint density at radius 1 is 1.10 bits per heavy atom. The normalized spacial score (nSPS) is 11.6. The molecule has 0 unspecified atom stereocenters. The highest BCUT2D eigenvalue weighted by molar-refractivity contribution is 5.99. The second kappa shape index (κ2) is 7.93. The van der Waals surface area contributed by atoms with Crippen LogP contribution in [0.2, 0.25) is 0 Å². The highest BCUT2D eigenvalue weighted by Crippen LogP contribution is 2.23. The van der Waals surface area contributed by atoms with Gasteiger partial charge in [-0.2, -0.15) is 5.10 Å². The Balaban J connectivity index is 1.60. The summed E-state index contributed by atoms with van der Waals surface area (Å²) in [7, 11) is 0. The molecule has 144 valence electrons. The topological polar surface area (TPSA) is 92.4 Å². The molecule has 4 rings (SSSR count). The van der Waals surface area contributed by atoms with E-state index in [1.54, 1.807) is 31.3 Å². The van der Waals surface area contributed by atoms with E-state index in [1.165, 1.54) is 0 Å². The van der Waals surface area contributed by atoms with Crippen molar-refractivity contribution in [2.45, 2.75) is 13.5 Å². The number of carbonyl (C=O) groups excluding carboxylic acids is 1. The molecule has 0 spiro atoms. The number of phenols is 1. The lowest BCUT2D eigenvalue weighted by atomic mass is 10.1. The number of amides is 1. The molecule has 0 aliphatic carbocycles. The van der Waals surface area contributed by atoms with Crippen LogP contribution in [0.15, 0.2) is 78.0 Å². The minimum atomic E-state index is -0.287. The maximum atomic E-state index is 12.6. The Hall–Kier alpha value is -4.00. The number of rotatable bonds is 5. The highest BCUT2D eigenvalue weighted by atomic mass is 16.3. The Morgan fingerprint density at radius 3 is 2.72 bits per heavy atom. The molecule has 2 N–H and O–H groups in total. The zero-order valence-corrected chi connectivity index (χ0v) is 15.8. The van der Waals surface area contributed by atoms with Crippen LogP contribution >= 0.6 is 0 Å². The Kier molecular flexibility index (Phi) is 5.03. The quantitative estimate of drug-likeness (QED) is 0.407. The van der Waals surface area contributed by atoms with Gasteiger partial charge in [0.25, 0.3) is 5.91 Å². The van der Waals surface area contributed by atoms with E-state index >= 15 is 0 Å². The summed E-state index contributed by atoms with van der Waals surface area (Å²) in [5.74, 6) is 0.480. The molecule has 29 heavy (non-hydrogen) atoms. The number of carbonyl (C=O) groups is 1. The summed E-state index contributed by atoms with van der Waals surface area (Å²) in [4.78, 5) is 21.6. The zero-order chi connectivity index (χ0) is 20.2. The molecule has 0 bridgehead atoms. The highest BCUT2D eigenvalue weighted by Gasteiger charge is 2.15. The van der Waals surface area contributed by atoms with Crippen molar-refractivity contribution in [3.05, 3.63) is 78.5 Å². The summed E-state index contributed by atoms with van der Waals surface area (Å²) in [5.41, 5.74) is 6.23. The fraction of sp³-hybridized carbons (Fsp3) is 0.0909. The van der Waals surface area contributed by atoms with Crippen molar-refractivity contribution in [2.24, 2.45) is 5.10 Å². The molecule has 0 aliphatic heterocycles. The molecule has 2 heterocycles. The lowest BCUT2D eigenvalue weighted by Crippen LogP contribution is -2.24. The maximum absolute atomic E-state index is 12.6. The van der Waals surface area contributed by atoms with Gasteiger partial charge in [-0.1, -0.05) is 30.3 Å². The van der Waals surface area contributed by atoms with Gasteiger partial charge in [0.1, 0.15) is 18.0 Å². The first kappa shape index (κ1) is 18.4. The summed E-state index contributed by atoms with van der Waals surface area (Å²) in [5, 5.41) is 13.7. The third-order valence-electron chi connectivity index (χ3n) is 4.46. The lowest BCUT2D eigenvalue weighted by Gasteiger charge is -2.08. The molecule has 1 amide bonds. The second-order valence-electron chi connectivity index (χ2n) is 6.51. The molecule has 7 nitrogen and oxygen atoms in total. The van der Waals surface area contributed by atoms with Crippen molar-refractivity contribution in [3.8, 4) is 17.3 Å². The van der Waals surface area contributed by atoms with Crippen LogP contribution in [0.5, 0.6) is 5.75 Å². The molecule has 7 heteroatoms. The van der Waals surface area contributed by atoms with Gasteiger partial charge in [0.05, 0.1) is 16.7 Å². The first-order valence-electron chi connectivity index (χ1n) is 9.11. The second-order valence-corrected chi connectivity index (χ2v) is 6.51. The molecule has 0 saturated carbocycles. The van der Waals surface area contributed by atoms with Crippen molar-refractivity contribution in [3.63, 3.8) is 0 Å². The number of benzene rings is 2. The molecule has 0 saturated heterocycles.